The molecule has 0 bridgehead atoms. The molecule has 1 fully saturated rings. The summed E-state index contributed by atoms with van der Waals surface area (Å²) in [6.45, 7) is 8.77. The minimum Gasteiger partial charge on any atom is -0.454 e. The smallest absolute Gasteiger partial charge is 0.288 e. The van der Waals surface area contributed by atoms with E-state index >= 15 is 0 Å². The molecule has 0 aliphatic carbocycles. The molecule has 0 saturated carbocycles. The number of hydrogen-bond acceptors (Lipinski definition) is 8. The zero-order chi connectivity index (χ0) is 31.1. The van der Waals surface area contributed by atoms with E-state index in [1.165, 1.54) is 10.4 Å². The average Bonchev–Trinajstić information content (AvgIpc) is 3.58. The number of nitrogens with zero attached hydrogens (tertiary/aromatic N) is 5. The molecule has 3 atom stereocenters. The van der Waals surface area contributed by atoms with Crippen LogP contribution in [0.1, 0.15) is 68.6 Å². The summed E-state index contributed by atoms with van der Waals surface area (Å²) in [5.74, 6) is 0.154. The SMILES string of the molecule is CCc1csc(CCC(=O)[C@@H]2CN(C3=NC(C)(C)C(c4ccccc4)O3)CCN2C(=O)[C@@H](CCCCN(C)C)N(C)C)c1. The largest absolute Gasteiger partial charge is 0.454 e. The van der Waals surface area contributed by atoms with Crippen LogP contribution in [-0.4, -0.2) is 109 Å². The number of Topliss-reactive ketones (excluding diaryl/α,β-unsaturated/α-hetero) is 1. The van der Waals surface area contributed by atoms with Crippen molar-refractivity contribution in [3.05, 3.63) is 57.8 Å². The highest BCUT2D eigenvalue weighted by Crippen LogP contribution is 2.38. The van der Waals surface area contributed by atoms with Crippen molar-refractivity contribution in [1.29, 1.82) is 0 Å². The van der Waals surface area contributed by atoms with Crippen LogP contribution in [0.25, 0.3) is 0 Å². The number of unbranched alkanes of at least 4 members (excludes halogenated alkanes) is 1. The molecule has 2 aliphatic heterocycles. The van der Waals surface area contributed by atoms with Gasteiger partial charge in [0.25, 0.3) is 6.02 Å². The van der Waals surface area contributed by atoms with Gasteiger partial charge in [0.15, 0.2) is 11.9 Å². The van der Waals surface area contributed by atoms with E-state index in [-0.39, 0.29) is 23.8 Å². The number of ketones is 1. The van der Waals surface area contributed by atoms with Crippen LogP contribution in [0.3, 0.4) is 0 Å². The highest BCUT2D eigenvalue weighted by Gasteiger charge is 2.44. The first-order chi connectivity index (χ1) is 20.5. The van der Waals surface area contributed by atoms with Crippen molar-refractivity contribution in [2.75, 3.05) is 54.4 Å². The van der Waals surface area contributed by atoms with Gasteiger partial charge in [0.2, 0.25) is 5.91 Å². The minimum atomic E-state index is -0.540. The van der Waals surface area contributed by atoms with Crippen molar-refractivity contribution in [1.82, 2.24) is 19.6 Å². The normalized spacial score (nSPS) is 20.8. The Morgan fingerprint density at radius 2 is 1.86 bits per heavy atom. The maximum Gasteiger partial charge on any atom is 0.288 e. The highest BCUT2D eigenvalue weighted by atomic mass is 32.1. The van der Waals surface area contributed by atoms with Crippen molar-refractivity contribution in [2.24, 2.45) is 4.99 Å². The van der Waals surface area contributed by atoms with Crippen LogP contribution in [0.2, 0.25) is 0 Å². The number of carbonyl (C=O) groups excluding carboxylic acids is 2. The molecule has 9 heteroatoms. The molecule has 2 aromatic rings. The van der Waals surface area contributed by atoms with Gasteiger partial charge in [-0.2, -0.15) is 0 Å². The van der Waals surface area contributed by atoms with Gasteiger partial charge in [-0.25, -0.2) is 4.99 Å². The van der Waals surface area contributed by atoms with Crippen LogP contribution < -0.4 is 0 Å². The van der Waals surface area contributed by atoms with Gasteiger partial charge >= 0.3 is 0 Å². The molecule has 0 spiro atoms. The van der Waals surface area contributed by atoms with Crippen molar-refractivity contribution in [3.63, 3.8) is 0 Å². The standard InChI is InChI=1S/C34H51N5O3S/c1-8-25-22-27(43-24-25)17-18-30(40)29-23-38(33-35-34(2,3)31(42-33)26-14-10-9-11-15-26)20-21-39(29)32(41)28(37(6)7)16-12-13-19-36(4)5/h9-11,14-15,22,24,28-29,31H,8,12-13,16-21,23H2,1-7H3/t28-,29+,31?/m1/s1. The quantitative estimate of drug-likeness (QED) is 0.301. The van der Waals surface area contributed by atoms with Gasteiger partial charge in [0.1, 0.15) is 11.6 Å². The van der Waals surface area contributed by atoms with Crippen molar-refractivity contribution < 1.29 is 14.3 Å². The lowest BCUT2D eigenvalue weighted by molar-refractivity contribution is -0.146. The Balaban J connectivity index is 1.52. The number of piperazine rings is 1. The predicted octanol–water partition coefficient (Wildman–Crippen LogP) is 4.89. The monoisotopic (exact) mass is 609 g/mol. The molecule has 3 heterocycles. The number of aryl methyl sites for hydroxylation is 2. The molecule has 0 radical (unpaired) electrons. The van der Waals surface area contributed by atoms with Crippen molar-refractivity contribution in [3.8, 4) is 0 Å². The number of benzene rings is 1. The molecule has 1 aromatic carbocycles. The lowest BCUT2D eigenvalue weighted by Gasteiger charge is -2.43. The van der Waals surface area contributed by atoms with Gasteiger partial charge < -0.3 is 19.4 Å². The zero-order valence-electron chi connectivity index (χ0n) is 27.2. The number of carbonyl (C=O) groups is 2. The van der Waals surface area contributed by atoms with Crippen LogP contribution in [0, 0.1) is 0 Å². The van der Waals surface area contributed by atoms with Gasteiger partial charge in [0.05, 0.1) is 6.04 Å². The second-order valence-corrected chi connectivity index (χ2v) is 14.0. The second-order valence-electron chi connectivity index (χ2n) is 13.0. The summed E-state index contributed by atoms with van der Waals surface area (Å²) >= 11 is 1.72. The maximum atomic E-state index is 14.1. The summed E-state index contributed by atoms with van der Waals surface area (Å²) in [6.07, 6.45) is 4.67. The second kappa shape index (κ2) is 14.8. The van der Waals surface area contributed by atoms with Crippen molar-refractivity contribution in [2.45, 2.75) is 83.0 Å². The number of amides is 1. The number of rotatable bonds is 13. The van der Waals surface area contributed by atoms with Crippen LogP contribution in [0.15, 0.2) is 46.8 Å². The molecule has 8 nitrogen and oxygen atoms in total. The Morgan fingerprint density at radius 1 is 1.12 bits per heavy atom. The van der Waals surface area contributed by atoms with E-state index in [1.807, 2.05) is 42.1 Å². The lowest BCUT2D eigenvalue weighted by atomic mass is 9.93. The molecular weight excluding hydrogens is 558 g/mol. The topological polar surface area (TPSA) is 68.7 Å². The van der Waals surface area contributed by atoms with E-state index in [0.29, 0.717) is 38.5 Å². The summed E-state index contributed by atoms with van der Waals surface area (Å²) in [7, 11) is 8.09. The summed E-state index contributed by atoms with van der Waals surface area (Å²) in [5.41, 5.74) is 1.95. The number of amidine groups is 1. The molecule has 236 valence electrons. The van der Waals surface area contributed by atoms with Gasteiger partial charge in [-0.05, 0) is 96.8 Å². The van der Waals surface area contributed by atoms with E-state index in [9.17, 15) is 9.59 Å². The average molecular weight is 610 g/mol. The van der Waals surface area contributed by atoms with E-state index in [4.69, 9.17) is 9.73 Å². The Labute approximate surface area is 262 Å². The van der Waals surface area contributed by atoms with E-state index in [2.05, 4.69) is 68.2 Å². The third kappa shape index (κ3) is 8.46. The molecular formula is C34H51N5O3S. The Hall–Kier alpha value is -2.75. The zero-order valence-corrected chi connectivity index (χ0v) is 28.0. The fourth-order valence-corrected chi connectivity index (χ4v) is 7.02. The summed E-state index contributed by atoms with van der Waals surface area (Å²) in [6, 6.07) is 12.2. The molecule has 1 unspecified atom stereocenters. The lowest BCUT2D eigenvalue weighted by Crippen LogP contribution is -2.62. The first kappa shape index (κ1) is 33.1. The Morgan fingerprint density at radius 3 is 2.51 bits per heavy atom. The summed E-state index contributed by atoms with van der Waals surface area (Å²) in [5, 5.41) is 2.18. The van der Waals surface area contributed by atoms with E-state index in [0.717, 1.165) is 37.8 Å². The van der Waals surface area contributed by atoms with Crippen molar-refractivity contribution >= 4 is 29.0 Å². The van der Waals surface area contributed by atoms with Gasteiger partial charge in [-0.15, -0.1) is 11.3 Å². The van der Waals surface area contributed by atoms with Crippen LogP contribution in [0.5, 0.6) is 0 Å². The first-order valence-electron chi connectivity index (χ1n) is 15.8. The fourth-order valence-electron chi connectivity index (χ4n) is 6.04. The maximum absolute atomic E-state index is 14.1. The van der Waals surface area contributed by atoms with Crippen LogP contribution in [0.4, 0.5) is 0 Å². The Kier molecular flexibility index (Phi) is 11.4. The molecule has 0 N–H and O–H groups in total. The third-order valence-electron chi connectivity index (χ3n) is 8.63. The first-order valence-corrected chi connectivity index (χ1v) is 16.6. The van der Waals surface area contributed by atoms with E-state index in [1.54, 1.807) is 11.3 Å². The third-order valence-corrected chi connectivity index (χ3v) is 9.68. The molecule has 1 saturated heterocycles. The van der Waals surface area contributed by atoms with Gasteiger partial charge in [-0.3, -0.25) is 14.5 Å². The fraction of sp³-hybridized carbons (Fsp3) is 0.618. The molecule has 4 rings (SSSR count). The number of likely N-dealkylation sites (N-methyl/N-ethyl adjacent to an activating group) is 1. The molecule has 43 heavy (non-hydrogen) atoms. The number of ether oxygens (including phenoxy) is 1. The number of thiophene rings is 1. The molecule has 2 aliphatic rings. The molecule has 1 amide bonds. The van der Waals surface area contributed by atoms with Crippen LogP contribution >= 0.6 is 11.3 Å². The van der Waals surface area contributed by atoms with E-state index < -0.39 is 11.6 Å². The minimum absolute atomic E-state index is 0.0500. The van der Waals surface area contributed by atoms with Crippen LogP contribution in [-0.2, 0) is 27.2 Å². The number of hydrogen-bond donors (Lipinski definition) is 0. The predicted molar refractivity (Wildman–Crippen MR) is 176 cm³/mol. The molecule has 1 aromatic heterocycles. The highest BCUT2D eigenvalue weighted by molar-refractivity contribution is 7.10. The van der Waals surface area contributed by atoms with Gasteiger partial charge in [-0.1, -0.05) is 43.7 Å². The van der Waals surface area contributed by atoms with Gasteiger partial charge in [0, 0.05) is 30.9 Å². The summed E-state index contributed by atoms with van der Waals surface area (Å²) < 4.78 is 6.49. The number of aliphatic imine (C=N–C) groups is 1. The Bertz CT molecular complexity index is 1240. The summed E-state index contributed by atoms with van der Waals surface area (Å²) in [4.78, 5) is 42.4.